The van der Waals surface area contributed by atoms with Gasteiger partial charge in [0.25, 0.3) is 5.56 Å². The van der Waals surface area contributed by atoms with Crippen molar-refractivity contribution >= 4 is 62.7 Å². The topological polar surface area (TPSA) is 97.7 Å². The Morgan fingerprint density at radius 1 is 1.20 bits per heavy atom. The maximum Gasteiger partial charge on any atom is 0.312 e. The quantitative estimate of drug-likeness (QED) is 0.208. The van der Waals surface area contributed by atoms with Crippen LogP contribution in [0.4, 0.5) is 5.69 Å². The zero-order chi connectivity index (χ0) is 24.3. The van der Waals surface area contributed by atoms with Gasteiger partial charge < -0.3 is 5.11 Å². The number of phenolic OH excluding ortho intramolecular Hbond substituents is 1. The van der Waals surface area contributed by atoms with Gasteiger partial charge in [0.2, 0.25) is 5.75 Å². The number of thiophene rings is 1. The molecule has 0 radical (unpaired) electrons. The number of benzene rings is 2. The van der Waals surface area contributed by atoms with Crippen LogP contribution in [0, 0.1) is 13.7 Å². The van der Waals surface area contributed by atoms with Crippen LogP contribution in [0.15, 0.2) is 69.3 Å². The summed E-state index contributed by atoms with van der Waals surface area (Å²) >= 11 is 4.74. The fourth-order valence-electron chi connectivity index (χ4n) is 4.70. The van der Waals surface area contributed by atoms with Gasteiger partial charge in [-0.05, 0) is 75.7 Å². The molecule has 2 aromatic heterocycles. The highest BCUT2D eigenvalue weighted by molar-refractivity contribution is 14.1. The molecule has 7 nitrogen and oxygen atoms in total. The number of aromatic hydroxyl groups is 1. The van der Waals surface area contributed by atoms with E-state index in [2.05, 4.69) is 18.2 Å². The molecule has 0 amide bonds. The van der Waals surface area contributed by atoms with Crippen LogP contribution in [0.3, 0.4) is 0 Å². The number of nitrogens with zero attached hydrogens (tertiary/aromatic N) is 3. The van der Waals surface area contributed by atoms with Crippen molar-refractivity contribution in [2.24, 2.45) is 4.99 Å². The van der Waals surface area contributed by atoms with Gasteiger partial charge in [-0.25, -0.2) is 4.99 Å². The van der Waals surface area contributed by atoms with Gasteiger partial charge in [-0.2, -0.15) is 0 Å². The minimum absolute atomic E-state index is 0.178. The van der Waals surface area contributed by atoms with Crippen LogP contribution in [0.2, 0.25) is 0 Å². The average molecular weight is 613 g/mol. The van der Waals surface area contributed by atoms with Gasteiger partial charge in [0.15, 0.2) is 4.80 Å². The Hall–Kier alpha value is -3.09. The molecule has 0 saturated carbocycles. The number of aromatic nitrogens is 1. The molecule has 35 heavy (non-hydrogen) atoms. The van der Waals surface area contributed by atoms with Crippen LogP contribution in [-0.2, 0) is 6.42 Å². The molecule has 3 heterocycles. The van der Waals surface area contributed by atoms with Gasteiger partial charge >= 0.3 is 5.69 Å². The number of thiazole rings is 1. The average Bonchev–Trinajstić information content (AvgIpc) is 3.48. The fourth-order valence-corrected chi connectivity index (χ4v) is 7.18. The number of fused-ring (bicyclic) bond motifs is 3. The molecule has 1 N–H and O–H groups in total. The molecule has 1 aliphatic heterocycles. The highest BCUT2D eigenvalue weighted by Crippen LogP contribution is 2.42. The molecule has 1 atom stereocenters. The van der Waals surface area contributed by atoms with Crippen LogP contribution in [0.1, 0.15) is 34.0 Å². The van der Waals surface area contributed by atoms with E-state index >= 15 is 0 Å². The Kier molecular flexibility index (Phi) is 5.46. The SMILES string of the molecule is O=c1c(=Cc2cc(I)c(O)c([N+](=O)[O-])c2)sc2n1C(c1cccs1)C1=C(N=2)c2ccccc2CC1. The third-order valence-electron chi connectivity index (χ3n) is 6.25. The lowest BCUT2D eigenvalue weighted by molar-refractivity contribution is -0.386. The second-order valence-corrected chi connectivity index (χ2v) is 11.4. The van der Waals surface area contributed by atoms with Crippen LogP contribution in [-0.4, -0.2) is 14.6 Å². The number of nitro groups is 1. The summed E-state index contributed by atoms with van der Waals surface area (Å²) in [5.74, 6) is -0.377. The maximum atomic E-state index is 13.7. The van der Waals surface area contributed by atoms with Crippen LogP contribution >= 0.6 is 45.3 Å². The highest BCUT2D eigenvalue weighted by Gasteiger charge is 2.33. The lowest BCUT2D eigenvalue weighted by atomic mass is 9.85. The van der Waals surface area contributed by atoms with Crippen LogP contribution in [0.5, 0.6) is 5.75 Å². The Labute approximate surface area is 220 Å². The molecular weight excluding hydrogens is 597 g/mol. The Bertz CT molecular complexity index is 1740. The number of phenols is 1. The molecule has 2 aliphatic rings. The van der Waals surface area contributed by atoms with E-state index in [9.17, 15) is 20.0 Å². The summed E-state index contributed by atoms with van der Waals surface area (Å²) in [5.41, 5.74) is 4.35. The number of allylic oxidation sites excluding steroid dienone is 1. The molecule has 0 bridgehead atoms. The third-order valence-corrected chi connectivity index (χ3v) is 8.98. The van der Waals surface area contributed by atoms with Crippen molar-refractivity contribution in [2.75, 3.05) is 0 Å². The zero-order valence-corrected chi connectivity index (χ0v) is 21.8. The van der Waals surface area contributed by atoms with Gasteiger partial charge in [0.05, 0.1) is 24.8 Å². The lowest BCUT2D eigenvalue weighted by Crippen LogP contribution is -2.38. The molecule has 1 unspecified atom stereocenters. The first-order chi connectivity index (χ1) is 16.9. The molecule has 0 saturated heterocycles. The third kappa shape index (κ3) is 3.67. The van der Waals surface area contributed by atoms with Crippen molar-refractivity contribution in [1.82, 2.24) is 4.57 Å². The summed E-state index contributed by atoms with van der Waals surface area (Å²) in [6.45, 7) is 0. The van der Waals surface area contributed by atoms with Crippen LogP contribution < -0.4 is 14.9 Å². The predicted molar refractivity (Wildman–Crippen MR) is 145 cm³/mol. The maximum absolute atomic E-state index is 13.7. The van der Waals surface area contributed by atoms with Crippen molar-refractivity contribution in [3.63, 3.8) is 0 Å². The summed E-state index contributed by atoms with van der Waals surface area (Å²) < 4.78 is 2.54. The molecule has 10 heteroatoms. The van der Waals surface area contributed by atoms with E-state index < -0.39 is 4.92 Å². The Balaban J connectivity index is 1.60. The molecule has 1 aliphatic carbocycles. The van der Waals surface area contributed by atoms with Gasteiger partial charge in [0.1, 0.15) is 0 Å². The van der Waals surface area contributed by atoms with E-state index in [0.29, 0.717) is 18.5 Å². The van der Waals surface area contributed by atoms with E-state index in [0.717, 1.165) is 34.6 Å². The summed E-state index contributed by atoms with van der Waals surface area (Å²) in [6, 6.07) is 15.0. The molecule has 2 aromatic carbocycles. The van der Waals surface area contributed by atoms with Crippen molar-refractivity contribution in [1.29, 1.82) is 0 Å². The molecular formula is C25H16IN3O4S2. The van der Waals surface area contributed by atoms with E-state index in [-0.39, 0.29) is 23.0 Å². The molecule has 174 valence electrons. The molecule has 4 aromatic rings. The first-order valence-electron chi connectivity index (χ1n) is 10.8. The summed E-state index contributed by atoms with van der Waals surface area (Å²) in [5, 5.41) is 23.4. The van der Waals surface area contributed by atoms with Gasteiger partial charge in [0, 0.05) is 16.5 Å². The smallest absolute Gasteiger partial charge is 0.312 e. The monoisotopic (exact) mass is 613 g/mol. The van der Waals surface area contributed by atoms with Crippen molar-refractivity contribution in [2.45, 2.75) is 18.9 Å². The van der Waals surface area contributed by atoms with Crippen LogP contribution in [0.25, 0.3) is 11.8 Å². The minimum atomic E-state index is -0.626. The lowest BCUT2D eigenvalue weighted by Gasteiger charge is -2.30. The summed E-state index contributed by atoms with van der Waals surface area (Å²) in [7, 11) is 0. The van der Waals surface area contributed by atoms with Gasteiger partial charge in [-0.3, -0.25) is 19.5 Å². The van der Waals surface area contributed by atoms with E-state index in [1.165, 1.54) is 23.0 Å². The fraction of sp³-hybridized carbons (Fsp3) is 0.120. The number of halogens is 1. The summed E-state index contributed by atoms with van der Waals surface area (Å²) in [6.07, 6.45) is 3.36. The largest absolute Gasteiger partial charge is 0.501 e. The standard InChI is InChI=1S/C25H16IN3O4S2/c26-17-10-13(11-18(23(17)30)29(32)33)12-20-24(31)28-22(19-6-3-9-34-19)16-8-7-14-4-1-2-5-15(14)21(16)27-25(28)35-20/h1-6,9-12,22,30H,7-8H2. The van der Waals surface area contributed by atoms with Crippen molar-refractivity contribution in [3.8, 4) is 5.75 Å². The molecule has 0 spiro atoms. The normalized spacial score (nSPS) is 16.9. The molecule has 0 fully saturated rings. The molecule has 6 rings (SSSR count). The minimum Gasteiger partial charge on any atom is -0.501 e. The number of nitro benzene ring substituents is 1. The predicted octanol–water partition coefficient (Wildman–Crippen LogP) is 4.60. The van der Waals surface area contributed by atoms with E-state index in [1.807, 2.05) is 46.2 Å². The number of rotatable bonds is 3. The zero-order valence-electron chi connectivity index (χ0n) is 18.0. The summed E-state index contributed by atoms with van der Waals surface area (Å²) in [4.78, 5) is 31.1. The Morgan fingerprint density at radius 3 is 2.80 bits per heavy atom. The van der Waals surface area contributed by atoms with E-state index in [4.69, 9.17) is 4.99 Å². The van der Waals surface area contributed by atoms with Crippen molar-refractivity contribution < 1.29 is 10.0 Å². The van der Waals surface area contributed by atoms with Gasteiger partial charge in [-0.1, -0.05) is 41.7 Å². The first kappa shape index (κ1) is 22.4. The number of hydrogen-bond donors (Lipinski definition) is 1. The number of hydrogen-bond acceptors (Lipinski definition) is 7. The second kappa shape index (κ2) is 8.54. The first-order valence-corrected chi connectivity index (χ1v) is 13.5. The van der Waals surface area contributed by atoms with Crippen molar-refractivity contribution in [3.05, 3.63) is 114 Å². The van der Waals surface area contributed by atoms with Gasteiger partial charge in [-0.15, -0.1) is 11.3 Å². The highest BCUT2D eigenvalue weighted by atomic mass is 127. The van der Waals surface area contributed by atoms with E-state index in [1.54, 1.807) is 28.0 Å². The second-order valence-electron chi connectivity index (χ2n) is 8.26. The number of aryl methyl sites for hydroxylation is 1. The Morgan fingerprint density at radius 2 is 2.03 bits per heavy atom.